The van der Waals surface area contributed by atoms with Gasteiger partial charge in [-0.05, 0) is 43.2 Å². The van der Waals surface area contributed by atoms with Crippen LogP contribution in [0.25, 0.3) is 0 Å². The molecule has 0 aliphatic carbocycles. The van der Waals surface area contributed by atoms with E-state index in [2.05, 4.69) is 15.3 Å². The molecule has 2 aromatic rings. The summed E-state index contributed by atoms with van der Waals surface area (Å²) in [4.78, 5) is 20.5. The molecule has 1 atom stereocenters. The number of carbonyl (C=O) groups excluding carboxylic acids is 1. The summed E-state index contributed by atoms with van der Waals surface area (Å²) in [5, 5.41) is 2.41. The van der Waals surface area contributed by atoms with Crippen LogP contribution in [0.4, 0.5) is 23.2 Å². The number of aliphatic imine (C=N–C) groups is 1. The average Bonchev–Trinajstić information content (AvgIpc) is 2.68. The maximum absolute atomic E-state index is 14.6. The maximum Gasteiger partial charge on any atom is 0.418 e. The number of alkyl halides is 3. The molecule has 1 amide bonds. The van der Waals surface area contributed by atoms with Crippen LogP contribution in [0.5, 0.6) is 0 Å². The molecule has 11 heteroatoms. The molecular weight excluding hydrogens is 444 g/mol. The van der Waals surface area contributed by atoms with E-state index in [1.54, 1.807) is 0 Å². The van der Waals surface area contributed by atoms with E-state index in [-0.39, 0.29) is 16.4 Å². The third-order valence-electron chi connectivity index (χ3n) is 4.78. The predicted molar refractivity (Wildman–Crippen MR) is 109 cm³/mol. The van der Waals surface area contributed by atoms with Crippen molar-refractivity contribution in [3.05, 3.63) is 58.1 Å². The summed E-state index contributed by atoms with van der Waals surface area (Å²) in [7, 11) is 0. The zero-order valence-corrected chi connectivity index (χ0v) is 17.3. The van der Waals surface area contributed by atoms with E-state index in [1.807, 2.05) is 6.92 Å². The second-order valence-corrected chi connectivity index (χ2v) is 8.11. The van der Waals surface area contributed by atoms with Crippen LogP contribution < -0.4 is 11.1 Å². The molecule has 1 aromatic carbocycles. The molecule has 2 heterocycles. The molecule has 1 aliphatic heterocycles. The fourth-order valence-electron chi connectivity index (χ4n) is 3.25. The number of aromatic nitrogens is 1. The van der Waals surface area contributed by atoms with E-state index in [0.29, 0.717) is 29.8 Å². The van der Waals surface area contributed by atoms with Crippen molar-refractivity contribution in [2.45, 2.75) is 31.5 Å². The van der Waals surface area contributed by atoms with Gasteiger partial charge in [0.05, 0.1) is 11.1 Å². The zero-order valence-electron chi connectivity index (χ0n) is 15.7. The molecule has 1 aliphatic rings. The van der Waals surface area contributed by atoms with E-state index in [1.165, 1.54) is 23.9 Å². The van der Waals surface area contributed by atoms with Crippen LogP contribution in [0.3, 0.4) is 0 Å². The van der Waals surface area contributed by atoms with E-state index in [4.69, 9.17) is 17.3 Å². The number of halogens is 5. The van der Waals surface area contributed by atoms with Gasteiger partial charge in [-0.25, -0.2) is 9.37 Å². The number of amidine groups is 1. The topological polar surface area (TPSA) is 80.4 Å². The van der Waals surface area contributed by atoms with Gasteiger partial charge < -0.3 is 11.1 Å². The molecule has 0 fully saturated rings. The summed E-state index contributed by atoms with van der Waals surface area (Å²) in [5.41, 5.74) is 3.14. The molecule has 3 rings (SSSR count). The number of nitrogens with one attached hydrogen (secondary N) is 1. The number of anilines is 1. The molecule has 0 saturated carbocycles. The number of benzene rings is 1. The Morgan fingerprint density at radius 2 is 2.07 bits per heavy atom. The number of nitrogens with two attached hydrogens (primary N) is 1. The maximum atomic E-state index is 14.6. The molecule has 30 heavy (non-hydrogen) atoms. The largest absolute Gasteiger partial charge is 0.418 e. The van der Waals surface area contributed by atoms with Gasteiger partial charge in [-0.15, -0.1) is 0 Å². The van der Waals surface area contributed by atoms with Crippen molar-refractivity contribution in [3.8, 4) is 0 Å². The van der Waals surface area contributed by atoms with E-state index >= 15 is 0 Å². The van der Waals surface area contributed by atoms with Gasteiger partial charge in [-0.3, -0.25) is 9.79 Å². The van der Waals surface area contributed by atoms with E-state index < -0.39 is 34.7 Å². The lowest BCUT2D eigenvalue weighted by Gasteiger charge is -2.33. The minimum atomic E-state index is -4.80. The number of carbonyl (C=O) groups is 1. The molecule has 0 radical (unpaired) electrons. The summed E-state index contributed by atoms with van der Waals surface area (Å²) < 4.78 is 54.3. The van der Waals surface area contributed by atoms with Crippen molar-refractivity contribution in [3.63, 3.8) is 0 Å². The average molecular weight is 461 g/mol. The van der Waals surface area contributed by atoms with Crippen LogP contribution >= 0.6 is 23.4 Å². The predicted octanol–water partition coefficient (Wildman–Crippen LogP) is 5.20. The van der Waals surface area contributed by atoms with Crippen LogP contribution in [0.1, 0.15) is 41.4 Å². The molecular formula is C19H17ClF4N4OS. The third kappa shape index (κ3) is 4.54. The first-order valence-electron chi connectivity index (χ1n) is 8.89. The lowest BCUT2D eigenvalue weighted by molar-refractivity contribution is -0.138. The first-order valence-corrected chi connectivity index (χ1v) is 10.3. The number of hydrogen-bond acceptors (Lipinski definition) is 5. The van der Waals surface area contributed by atoms with E-state index in [0.717, 1.165) is 12.1 Å². The highest BCUT2D eigenvalue weighted by Gasteiger charge is 2.37. The minimum absolute atomic E-state index is 0.103. The monoisotopic (exact) mass is 460 g/mol. The Bertz CT molecular complexity index is 1010. The van der Waals surface area contributed by atoms with Gasteiger partial charge >= 0.3 is 6.18 Å². The fraction of sp³-hybridized carbons (Fsp3) is 0.316. The minimum Gasteiger partial charge on any atom is -0.379 e. The van der Waals surface area contributed by atoms with E-state index in [9.17, 15) is 22.4 Å². The number of amides is 1. The molecule has 0 spiro atoms. The Kier molecular flexibility index (Phi) is 6.28. The summed E-state index contributed by atoms with van der Waals surface area (Å²) in [6.45, 7) is 1.84. The van der Waals surface area contributed by atoms with Crippen molar-refractivity contribution >= 4 is 40.1 Å². The molecule has 160 valence electrons. The number of rotatable bonds is 4. The van der Waals surface area contributed by atoms with Crippen LogP contribution in [-0.2, 0) is 11.7 Å². The Morgan fingerprint density at radius 3 is 2.70 bits per heavy atom. The summed E-state index contributed by atoms with van der Waals surface area (Å²) in [5.74, 6) is -1.02. The van der Waals surface area contributed by atoms with Gasteiger partial charge in [0, 0.05) is 17.0 Å². The molecule has 1 aromatic heterocycles. The second-order valence-electron chi connectivity index (χ2n) is 6.61. The number of thioether (sulfide) groups is 1. The smallest absolute Gasteiger partial charge is 0.379 e. The van der Waals surface area contributed by atoms with Gasteiger partial charge in [-0.1, -0.05) is 30.3 Å². The van der Waals surface area contributed by atoms with Crippen LogP contribution in [0.15, 0.2) is 35.3 Å². The highest BCUT2D eigenvalue weighted by molar-refractivity contribution is 8.13. The normalized spacial score (nSPS) is 19.3. The van der Waals surface area contributed by atoms with Gasteiger partial charge in [-0.2, -0.15) is 13.2 Å². The quantitative estimate of drug-likeness (QED) is 0.485. The highest BCUT2D eigenvalue weighted by atomic mass is 35.5. The Morgan fingerprint density at radius 1 is 1.33 bits per heavy atom. The van der Waals surface area contributed by atoms with Crippen LogP contribution in [0.2, 0.25) is 5.15 Å². The van der Waals surface area contributed by atoms with Crippen molar-refractivity contribution in [1.29, 1.82) is 0 Å². The Balaban J connectivity index is 1.98. The molecule has 5 nitrogen and oxygen atoms in total. The van der Waals surface area contributed by atoms with Crippen LogP contribution in [-0.4, -0.2) is 21.8 Å². The van der Waals surface area contributed by atoms with Crippen molar-refractivity contribution in [2.75, 3.05) is 11.1 Å². The Labute approximate surface area is 179 Å². The summed E-state index contributed by atoms with van der Waals surface area (Å²) in [6.07, 6.45) is -3.82. The van der Waals surface area contributed by atoms with Gasteiger partial charge in [0.15, 0.2) is 5.17 Å². The van der Waals surface area contributed by atoms with Gasteiger partial charge in [0.1, 0.15) is 16.7 Å². The van der Waals surface area contributed by atoms with Crippen molar-refractivity contribution in [1.82, 2.24) is 4.98 Å². The molecule has 3 N–H and O–H groups in total. The summed E-state index contributed by atoms with van der Waals surface area (Å²) >= 11 is 7.04. The number of pyridine rings is 1. The lowest BCUT2D eigenvalue weighted by Crippen LogP contribution is -2.32. The number of nitrogens with zero attached hydrogens (tertiary/aromatic N) is 2. The van der Waals surface area contributed by atoms with Gasteiger partial charge in [0.2, 0.25) is 0 Å². The first-order chi connectivity index (χ1) is 14.1. The van der Waals surface area contributed by atoms with Gasteiger partial charge in [0.25, 0.3) is 5.91 Å². The first kappa shape index (κ1) is 22.4. The van der Waals surface area contributed by atoms with Crippen molar-refractivity contribution in [2.24, 2.45) is 10.7 Å². The van der Waals surface area contributed by atoms with Crippen LogP contribution in [0, 0.1) is 5.82 Å². The highest BCUT2D eigenvalue weighted by Crippen LogP contribution is 2.40. The lowest BCUT2D eigenvalue weighted by atomic mass is 9.84. The Hall–Kier alpha value is -2.33. The molecule has 0 bridgehead atoms. The molecule has 0 unspecified atom stereocenters. The SMILES string of the molecule is CC[C@@]1(c2cc(NC(=O)c3nc(Cl)ccc3C(F)(F)F)ccc2F)CCSC(N)=N1. The zero-order chi connectivity index (χ0) is 22.1. The summed E-state index contributed by atoms with van der Waals surface area (Å²) in [6, 6.07) is 5.38. The standard InChI is InChI=1S/C19H17ClF4N4OS/c1-2-18(7-8-30-17(25)28-18)12-9-10(3-5-13(12)21)26-16(29)15-11(19(22,23)24)4-6-14(20)27-15/h3-6,9H,2,7-8H2,1H3,(H2,25,28)(H,26,29)/t18-/m0/s1. The van der Waals surface area contributed by atoms with Crippen molar-refractivity contribution < 1.29 is 22.4 Å². The number of hydrogen-bond donors (Lipinski definition) is 2. The fourth-order valence-corrected chi connectivity index (χ4v) is 4.29. The third-order valence-corrected chi connectivity index (χ3v) is 5.79. The molecule has 0 saturated heterocycles. The second kappa shape index (κ2) is 8.43.